The fourth-order valence-electron chi connectivity index (χ4n) is 2.41. The molecule has 3 aromatic carbocycles. The number of rotatable bonds is 5. The second-order valence-corrected chi connectivity index (χ2v) is 5.23. The molecule has 3 rings (SSSR count). The van der Waals surface area contributed by atoms with Crippen LogP contribution in [-0.4, -0.2) is 11.7 Å². The van der Waals surface area contributed by atoms with Crippen LogP contribution < -0.4 is 4.74 Å². The normalized spacial score (nSPS) is 11.9. The Hall–Kier alpha value is -2.65. The van der Waals surface area contributed by atoms with Gasteiger partial charge in [0.15, 0.2) is 0 Å². The lowest BCUT2D eigenvalue weighted by Gasteiger charge is -2.17. The lowest BCUT2D eigenvalue weighted by Crippen LogP contribution is -2.11. The zero-order chi connectivity index (χ0) is 16.1. The quantitative estimate of drug-likeness (QED) is 0.746. The molecule has 1 N–H and O–H groups in total. The van der Waals surface area contributed by atoms with Gasteiger partial charge in [0.25, 0.3) is 0 Å². The number of halogens is 1. The van der Waals surface area contributed by atoms with Gasteiger partial charge in [0.05, 0.1) is 6.61 Å². The standard InChI is InChI=1S/C20H17FO2/c21-18-10-6-15(7-11-18)16-8-12-19(13-9-16)23-20(14-22)17-4-2-1-3-5-17/h1-13,20,22H,14H2. The van der Waals surface area contributed by atoms with E-state index in [-0.39, 0.29) is 12.4 Å². The summed E-state index contributed by atoms with van der Waals surface area (Å²) < 4.78 is 18.8. The second-order valence-electron chi connectivity index (χ2n) is 5.23. The van der Waals surface area contributed by atoms with Crippen LogP contribution in [0.3, 0.4) is 0 Å². The fraction of sp³-hybridized carbons (Fsp3) is 0.100. The van der Waals surface area contributed by atoms with Gasteiger partial charge >= 0.3 is 0 Å². The van der Waals surface area contributed by atoms with Crippen molar-refractivity contribution >= 4 is 0 Å². The number of aliphatic hydroxyl groups is 1. The number of aliphatic hydroxyl groups excluding tert-OH is 1. The maximum absolute atomic E-state index is 13.0. The van der Waals surface area contributed by atoms with E-state index in [2.05, 4.69) is 0 Å². The van der Waals surface area contributed by atoms with Gasteiger partial charge in [0.1, 0.15) is 17.7 Å². The molecule has 0 radical (unpaired) electrons. The highest BCUT2D eigenvalue weighted by atomic mass is 19.1. The summed E-state index contributed by atoms with van der Waals surface area (Å²) in [7, 11) is 0. The SMILES string of the molecule is OCC(Oc1ccc(-c2ccc(F)cc2)cc1)c1ccccc1. The third kappa shape index (κ3) is 3.76. The molecule has 0 saturated heterocycles. The first kappa shape index (κ1) is 15.3. The molecule has 0 spiro atoms. The summed E-state index contributed by atoms with van der Waals surface area (Å²) in [4.78, 5) is 0. The summed E-state index contributed by atoms with van der Waals surface area (Å²) in [5.41, 5.74) is 2.86. The van der Waals surface area contributed by atoms with Gasteiger partial charge in [-0.05, 0) is 41.0 Å². The molecule has 0 heterocycles. The highest BCUT2D eigenvalue weighted by Crippen LogP contribution is 2.26. The zero-order valence-corrected chi connectivity index (χ0v) is 12.5. The van der Waals surface area contributed by atoms with Gasteiger partial charge in [0, 0.05) is 0 Å². The molecule has 0 amide bonds. The molecule has 116 valence electrons. The van der Waals surface area contributed by atoms with Crippen molar-refractivity contribution in [1.29, 1.82) is 0 Å². The first-order chi connectivity index (χ1) is 11.3. The third-order valence-corrected chi connectivity index (χ3v) is 3.65. The summed E-state index contributed by atoms with van der Waals surface area (Å²) in [5, 5.41) is 9.54. The van der Waals surface area contributed by atoms with E-state index in [1.165, 1.54) is 12.1 Å². The lowest BCUT2D eigenvalue weighted by atomic mass is 10.1. The molecule has 1 unspecified atom stereocenters. The van der Waals surface area contributed by atoms with Crippen molar-refractivity contribution in [1.82, 2.24) is 0 Å². The molecular weight excluding hydrogens is 291 g/mol. The largest absolute Gasteiger partial charge is 0.483 e. The van der Waals surface area contributed by atoms with E-state index in [0.29, 0.717) is 5.75 Å². The van der Waals surface area contributed by atoms with E-state index in [9.17, 15) is 9.50 Å². The lowest BCUT2D eigenvalue weighted by molar-refractivity contribution is 0.116. The van der Waals surface area contributed by atoms with Gasteiger partial charge in [-0.3, -0.25) is 0 Å². The first-order valence-corrected chi connectivity index (χ1v) is 7.45. The number of ether oxygens (including phenoxy) is 1. The molecule has 0 fully saturated rings. The smallest absolute Gasteiger partial charge is 0.147 e. The monoisotopic (exact) mass is 308 g/mol. The molecule has 0 aliphatic carbocycles. The minimum Gasteiger partial charge on any atom is -0.483 e. The Morgan fingerprint density at radius 2 is 1.35 bits per heavy atom. The topological polar surface area (TPSA) is 29.5 Å². The van der Waals surface area contributed by atoms with Gasteiger partial charge in [-0.25, -0.2) is 4.39 Å². The van der Waals surface area contributed by atoms with Crippen molar-refractivity contribution in [2.45, 2.75) is 6.10 Å². The molecule has 0 saturated carbocycles. The first-order valence-electron chi connectivity index (χ1n) is 7.45. The van der Waals surface area contributed by atoms with Crippen LogP contribution in [0.25, 0.3) is 11.1 Å². The predicted octanol–water partition coefficient (Wildman–Crippen LogP) is 4.61. The van der Waals surface area contributed by atoms with Gasteiger partial charge in [-0.15, -0.1) is 0 Å². The molecule has 0 bridgehead atoms. The van der Waals surface area contributed by atoms with Crippen LogP contribution >= 0.6 is 0 Å². The minimum absolute atomic E-state index is 0.0935. The second kappa shape index (κ2) is 7.07. The summed E-state index contributed by atoms with van der Waals surface area (Å²) in [6.45, 7) is -0.0935. The summed E-state index contributed by atoms with van der Waals surface area (Å²) in [6.07, 6.45) is -0.395. The number of benzene rings is 3. The molecule has 1 atom stereocenters. The van der Waals surface area contributed by atoms with Crippen LogP contribution in [0.4, 0.5) is 4.39 Å². The van der Waals surface area contributed by atoms with Crippen molar-refractivity contribution in [3.8, 4) is 16.9 Å². The van der Waals surface area contributed by atoms with Gasteiger partial charge < -0.3 is 9.84 Å². The van der Waals surface area contributed by atoms with E-state index < -0.39 is 6.10 Å². The van der Waals surface area contributed by atoms with Gasteiger partial charge in [-0.1, -0.05) is 54.6 Å². The Kier molecular flexibility index (Phi) is 4.69. The highest BCUT2D eigenvalue weighted by Gasteiger charge is 2.11. The van der Waals surface area contributed by atoms with E-state index in [1.807, 2.05) is 54.6 Å². The highest BCUT2D eigenvalue weighted by molar-refractivity contribution is 5.64. The van der Waals surface area contributed by atoms with Crippen LogP contribution in [0.15, 0.2) is 78.9 Å². The predicted molar refractivity (Wildman–Crippen MR) is 88.7 cm³/mol. The average Bonchev–Trinajstić information content (AvgIpc) is 2.62. The summed E-state index contributed by atoms with van der Waals surface area (Å²) in [5.74, 6) is 0.432. The molecule has 3 heteroatoms. The molecule has 2 nitrogen and oxygen atoms in total. The molecule has 0 aliphatic heterocycles. The maximum atomic E-state index is 13.0. The van der Waals surface area contributed by atoms with Crippen molar-refractivity contribution in [3.05, 3.63) is 90.2 Å². The van der Waals surface area contributed by atoms with Crippen LogP contribution in [0.5, 0.6) is 5.75 Å². The molecular formula is C20H17FO2. The number of hydrogen-bond donors (Lipinski definition) is 1. The summed E-state index contributed by atoms with van der Waals surface area (Å²) in [6, 6.07) is 23.5. The fourth-order valence-corrected chi connectivity index (χ4v) is 2.41. The average molecular weight is 308 g/mol. The van der Waals surface area contributed by atoms with Crippen molar-refractivity contribution < 1.29 is 14.2 Å². The van der Waals surface area contributed by atoms with Crippen LogP contribution in [0, 0.1) is 5.82 Å². The van der Waals surface area contributed by atoms with Crippen LogP contribution in [0.1, 0.15) is 11.7 Å². The Balaban J connectivity index is 1.75. The molecule has 3 aromatic rings. The molecule has 0 aromatic heterocycles. The Labute approximate surface area is 134 Å². The molecule has 23 heavy (non-hydrogen) atoms. The summed E-state index contributed by atoms with van der Waals surface area (Å²) >= 11 is 0. The third-order valence-electron chi connectivity index (χ3n) is 3.65. The Morgan fingerprint density at radius 1 is 0.783 bits per heavy atom. The zero-order valence-electron chi connectivity index (χ0n) is 12.5. The van der Waals surface area contributed by atoms with Crippen molar-refractivity contribution in [2.75, 3.05) is 6.61 Å². The van der Waals surface area contributed by atoms with E-state index in [1.54, 1.807) is 12.1 Å². The van der Waals surface area contributed by atoms with Gasteiger partial charge in [0.2, 0.25) is 0 Å². The molecule has 0 aliphatic rings. The van der Waals surface area contributed by atoms with Crippen LogP contribution in [-0.2, 0) is 0 Å². The minimum atomic E-state index is -0.395. The van der Waals surface area contributed by atoms with Gasteiger partial charge in [-0.2, -0.15) is 0 Å². The number of hydrogen-bond acceptors (Lipinski definition) is 2. The van der Waals surface area contributed by atoms with E-state index >= 15 is 0 Å². The van der Waals surface area contributed by atoms with Crippen molar-refractivity contribution in [2.24, 2.45) is 0 Å². The van der Waals surface area contributed by atoms with Crippen LogP contribution in [0.2, 0.25) is 0 Å². The van der Waals surface area contributed by atoms with Crippen molar-refractivity contribution in [3.63, 3.8) is 0 Å². The Morgan fingerprint density at radius 3 is 1.91 bits per heavy atom. The van der Waals surface area contributed by atoms with E-state index in [4.69, 9.17) is 4.74 Å². The Bertz CT molecular complexity index is 737. The van der Waals surface area contributed by atoms with E-state index in [0.717, 1.165) is 16.7 Å². The maximum Gasteiger partial charge on any atom is 0.147 e.